The summed E-state index contributed by atoms with van der Waals surface area (Å²) < 4.78 is 0. The molecule has 15 heavy (non-hydrogen) atoms. The fourth-order valence-electron chi connectivity index (χ4n) is 1.00. The van der Waals surface area contributed by atoms with Gasteiger partial charge in [0.05, 0.1) is 0 Å². The third kappa shape index (κ3) is 3.75. The summed E-state index contributed by atoms with van der Waals surface area (Å²) in [7, 11) is 0. The fourth-order valence-corrected chi connectivity index (χ4v) is 1.11. The van der Waals surface area contributed by atoms with Crippen LogP contribution in [0.15, 0.2) is 0 Å². The normalized spacial score (nSPS) is 10.1. The average Bonchev–Trinajstić information content (AvgIpc) is 2.16. The Morgan fingerprint density at radius 2 is 1.93 bits per heavy atom. The lowest BCUT2D eigenvalue weighted by molar-refractivity contribution is 0.864. The van der Waals surface area contributed by atoms with Crippen LogP contribution in [0.3, 0.4) is 0 Å². The largest absolute Gasteiger partial charge is 0.354 e. The topological polar surface area (TPSA) is 62.7 Å². The Morgan fingerprint density at radius 3 is 2.47 bits per heavy atom. The minimum absolute atomic E-state index is 0.278. The molecule has 2 N–H and O–H groups in total. The third-order valence-electron chi connectivity index (χ3n) is 1.51. The Kier molecular flexibility index (Phi) is 4.36. The number of aromatic nitrogens is 3. The molecule has 0 atom stereocenters. The van der Waals surface area contributed by atoms with Gasteiger partial charge in [-0.3, -0.25) is 0 Å². The van der Waals surface area contributed by atoms with Crippen molar-refractivity contribution in [2.75, 3.05) is 17.2 Å². The Morgan fingerprint density at radius 1 is 1.27 bits per heavy atom. The van der Waals surface area contributed by atoms with E-state index >= 15 is 0 Å². The van der Waals surface area contributed by atoms with E-state index in [-0.39, 0.29) is 6.04 Å². The molecule has 0 fully saturated rings. The molecule has 0 unspecified atom stereocenters. The monoisotopic (exact) mass is 225 g/mol. The van der Waals surface area contributed by atoms with Gasteiger partial charge in [0.1, 0.15) is 0 Å². The molecule has 1 aromatic heterocycles. The number of thiocarbonyl (C=S) groups is 1. The summed E-state index contributed by atoms with van der Waals surface area (Å²) in [4.78, 5) is 12.5. The molecule has 0 spiro atoms. The van der Waals surface area contributed by atoms with Crippen molar-refractivity contribution in [1.82, 2.24) is 15.0 Å². The number of hydrogen-bond donors (Lipinski definition) is 2. The maximum atomic E-state index is 4.80. The summed E-state index contributed by atoms with van der Waals surface area (Å²) in [5, 5.41) is 7.58. The van der Waals surface area contributed by atoms with E-state index in [9.17, 15) is 0 Å². The predicted molar refractivity (Wildman–Crippen MR) is 65.5 cm³/mol. The molecule has 0 aliphatic rings. The Labute approximate surface area is 94.7 Å². The third-order valence-corrected chi connectivity index (χ3v) is 1.72. The summed E-state index contributed by atoms with van der Waals surface area (Å²) in [6, 6.07) is 0.278. The molecule has 0 aliphatic carbocycles. The zero-order valence-corrected chi connectivity index (χ0v) is 9.93. The highest BCUT2D eigenvalue weighted by molar-refractivity contribution is 7.79. The van der Waals surface area contributed by atoms with Crippen LogP contribution in [-0.2, 0) is 0 Å². The molecule has 0 bridgehead atoms. The Balaban J connectivity index is 2.94. The van der Waals surface area contributed by atoms with Crippen molar-refractivity contribution >= 4 is 29.5 Å². The molecule has 0 saturated carbocycles. The van der Waals surface area contributed by atoms with Crippen LogP contribution in [0.4, 0.5) is 11.9 Å². The number of nitrogens with zero attached hydrogens (tertiary/aromatic N) is 3. The minimum atomic E-state index is 0.278. The minimum Gasteiger partial charge on any atom is -0.354 e. The van der Waals surface area contributed by atoms with E-state index in [1.165, 1.54) is 5.37 Å². The second kappa shape index (κ2) is 5.55. The van der Waals surface area contributed by atoms with Gasteiger partial charge in [0.2, 0.25) is 11.9 Å². The summed E-state index contributed by atoms with van der Waals surface area (Å²) in [5.41, 5.74) is 0. The van der Waals surface area contributed by atoms with Crippen LogP contribution in [0.1, 0.15) is 26.6 Å². The van der Waals surface area contributed by atoms with Gasteiger partial charge in [-0.15, -0.1) is 0 Å². The van der Waals surface area contributed by atoms with E-state index in [0.717, 1.165) is 6.54 Å². The first kappa shape index (κ1) is 11.8. The van der Waals surface area contributed by atoms with Crippen molar-refractivity contribution in [1.29, 1.82) is 0 Å². The molecular formula is C9H15N5S. The number of anilines is 2. The highest BCUT2D eigenvalue weighted by Crippen LogP contribution is 2.05. The van der Waals surface area contributed by atoms with Gasteiger partial charge in [0, 0.05) is 18.0 Å². The van der Waals surface area contributed by atoms with E-state index in [0.29, 0.717) is 17.7 Å². The maximum absolute atomic E-state index is 4.80. The Bertz CT molecular complexity index is 339. The quantitative estimate of drug-likeness (QED) is 0.740. The molecule has 1 aromatic rings. The summed E-state index contributed by atoms with van der Waals surface area (Å²) in [6.45, 7) is 6.79. The lowest BCUT2D eigenvalue weighted by atomic mass is 10.4. The standard InChI is InChI=1S/C9H15N5S/c1-4-10-8-12-7(5-15)13-9(14-8)11-6(2)3/h5-6H,4H2,1-3H3,(H2,10,11,12,13,14). The van der Waals surface area contributed by atoms with Gasteiger partial charge < -0.3 is 10.6 Å². The second-order valence-electron chi connectivity index (χ2n) is 3.29. The highest BCUT2D eigenvalue weighted by atomic mass is 32.1. The summed E-state index contributed by atoms with van der Waals surface area (Å²) in [6.07, 6.45) is 0. The molecule has 5 nitrogen and oxygen atoms in total. The van der Waals surface area contributed by atoms with Crippen molar-refractivity contribution in [3.05, 3.63) is 5.82 Å². The van der Waals surface area contributed by atoms with Crippen LogP contribution in [0.2, 0.25) is 0 Å². The molecule has 6 heteroatoms. The van der Waals surface area contributed by atoms with E-state index in [4.69, 9.17) is 12.2 Å². The number of hydrogen-bond acceptors (Lipinski definition) is 6. The zero-order valence-electron chi connectivity index (χ0n) is 9.11. The van der Waals surface area contributed by atoms with Crippen molar-refractivity contribution < 1.29 is 0 Å². The van der Waals surface area contributed by atoms with Crippen molar-refractivity contribution in [2.45, 2.75) is 26.8 Å². The van der Waals surface area contributed by atoms with Crippen LogP contribution in [-0.4, -0.2) is 32.9 Å². The van der Waals surface area contributed by atoms with Gasteiger partial charge in [-0.1, -0.05) is 12.2 Å². The highest BCUT2D eigenvalue weighted by Gasteiger charge is 2.04. The first-order valence-electron chi connectivity index (χ1n) is 4.87. The van der Waals surface area contributed by atoms with Crippen LogP contribution in [0.25, 0.3) is 0 Å². The predicted octanol–water partition coefficient (Wildman–Crippen LogP) is 1.47. The van der Waals surface area contributed by atoms with Gasteiger partial charge in [-0.2, -0.15) is 15.0 Å². The molecule has 1 rings (SSSR count). The summed E-state index contributed by atoms with van der Waals surface area (Å²) in [5.74, 6) is 1.60. The van der Waals surface area contributed by atoms with E-state index in [1.54, 1.807) is 0 Å². The average molecular weight is 225 g/mol. The molecule has 0 aromatic carbocycles. The smallest absolute Gasteiger partial charge is 0.228 e. The fraction of sp³-hybridized carbons (Fsp3) is 0.556. The molecular weight excluding hydrogens is 210 g/mol. The van der Waals surface area contributed by atoms with Gasteiger partial charge in [-0.25, -0.2) is 0 Å². The lowest BCUT2D eigenvalue weighted by Gasteiger charge is -2.09. The second-order valence-corrected chi connectivity index (χ2v) is 3.52. The van der Waals surface area contributed by atoms with Gasteiger partial charge in [0.15, 0.2) is 5.82 Å². The van der Waals surface area contributed by atoms with Crippen LogP contribution >= 0.6 is 12.2 Å². The molecule has 82 valence electrons. The molecule has 1 heterocycles. The maximum Gasteiger partial charge on any atom is 0.228 e. The number of rotatable bonds is 5. The Hall–Kier alpha value is -1.30. The van der Waals surface area contributed by atoms with Gasteiger partial charge in [-0.05, 0) is 20.8 Å². The van der Waals surface area contributed by atoms with Gasteiger partial charge >= 0.3 is 0 Å². The van der Waals surface area contributed by atoms with Crippen LogP contribution < -0.4 is 10.6 Å². The first-order chi connectivity index (χ1) is 7.15. The lowest BCUT2D eigenvalue weighted by Crippen LogP contribution is -2.15. The van der Waals surface area contributed by atoms with E-state index in [2.05, 4.69) is 25.6 Å². The van der Waals surface area contributed by atoms with Crippen LogP contribution in [0, 0.1) is 0 Å². The van der Waals surface area contributed by atoms with Crippen LogP contribution in [0.5, 0.6) is 0 Å². The van der Waals surface area contributed by atoms with Crippen molar-refractivity contribution in [2.24, 2.45) is 0 Å². The van der Waals surface area contributed by atoms with E-state index < -0.39 is 0 Å². The van der Waals surface area contributed by atoms with Crippen molar-refractivity contribution in [3.63, 3.8) is 0 Å². The molecule has 0 aliphatic heterocycles. The zero-order chi connectivity index (χ0) is 11.3. The molecule has 0 amide bonds. The number of nitrogens with one attached hydrogen (secondary N) is 2. The summed E-state index contributed by atoms with van der Waals surface area (Å²) >= 11 is 4.80. The molecule has 0 radical (unpaired) electrons. The SMILES string of the molecule is CCNc1nc(C=S)nc(NC(C)C)n1. The molecule has 0 saturated heterocycles. The van der Waals surface area contributed by atoms with Crippen molar-refractivity contribution in [3.8, 4) is 0 Å². The first-order valence-corrected chi connectivity index (χ1v) is 5.34. The van der Waals surface area contributed by atoms with Gasteiger partial charge in [0.25, 0.3) is 0 Å². The van der Waals surface area contributed by atoms with E-state index in [1.807, 2.05) is 20.8 Å².